The summed E-state index contributed by atoms with van der Waals surface area (Å²) in [4.78, 5) is 15.4. The second-order valence-electron chi connectivity index (χ2n) is 15.6. The van der Waals surface area contributed by atoms with E-state index in [9.17, 15) is 0 Å². The van der Waals surface area contributed by atoms with Gasteiger partial charge in [-0.2, -0.15) is 0 Å². The standard InChI is InChI=1S/C57H37N5/c1-4-16-38(17-5-1)39-28-30-42(31-29-39)56-58-55(41-20-8-3-9-21-41)59-57(60-56)43-32-34-45(40-18-6-2-7-19-40)54(36-43)62-52-27-15-12-24-48(52)49-37-44(33-35-53(49)62)61-50-25-13-10-22-46(50)47-23-11-14-26-51(47)61/h1-37H. The quantitative estimate of drug-likeness (QED) is 0.162. The predicted octanol–water partition coefficient (Wildman–Crippen LogP) is 14.4. The van der Waals surface area contributed by atoms with Crippen LogP contribution in [0.25, 0.3) is 111 Å². The second-order valence-corrected chi connectivity index (χ2v) is 15.6. The van der Waals surface area contributed by atoms with Crippen molar-refractivity contribution in [2.24, 2.45) is 0 Å². The van der Waals surface area contributed by atoms with Crippen LogP contribution in [0, 0.1) is 0 Å². The molecule has 5 heteroatoms. The third kappa shape index (κ3) is 5.98. The minimum atomic E-state index is 0.608. The summed E-state index contributed by atoms with van der Waals surface area (Å²) in [6.45, 7) is 0. The first-order valence-electron chi connectivity index (χ1n) is 20.9. The van der Waals surface area contributed by atoms with E-state index in [0.29, 0.717) is 17.5 Å². The molecule has 0 saturated carbocycles. The normalized spacial score (nSPS) is 11.5. The zero-order valence-corrected chi connectivity index (χ0v) is 33.6. The molecular weight excluding hydrogens is 755 g/mol. The molecule has 0 unspecified atom stereocenters. The minimum absolute atomic E-state index is 0.608. The number of nitrogens with zero attached hydrogens (tertiary/aromatic N) is 5. The number of aromatic nitrogens is 5. The van der Waals surface area contributed by atoms with Crippen LogP contribution >= 0.6 is 0 Å². The number of para-hydroxylation sites is 3. The SMILES string of the molecule is c1ccc(-c2ccc(-c3nc(-c4ccccc4)nc(-c4ccc(-c5ccccc5)c(-n5c6ccccc6c6cc(-n7c8ccccc8c8ccccc87)ccc65)c4)n3)cc2)cc1. The van der Waals surface area contributed by atoms with Crippen molar-refractivity contribution in [2.75, 3.05) is 0 Å². The Morgan fingerprint density at radius 1 is 0.258 bits per heavy atom. The van der Waals surface area contributed by atoms with Crippen LogP contribution in [0.3, 0.4) is 0 Å². The maximum Gasteiger partial charge on any atom is 0.164 e. The Kier molecular flexibility index (Phi) is 8.42. The minimum Gasteiger partial charge on any atom is -0.309 e. The third-order valence-electron chi connectivity index (χ3n) is 12.0. The van der Waals surface area contributed by atoms with E-state index >= 15 is 0 Å². The van der Waals surface area contributed by atoms with Gasteiger partial charge in [0.05, 0.1) is 27.8 Å². The highest BCUT2D eigenvalue weighted by Crippen LogP contribution is 2.40. The van der Waals surface area contributed by atoms with Gasteiger partial charge >= 0.3 is 0 Å². The van der Waals surface area contributed by atoms with Crippen molar-refractivity contribution in [3.05, 3.63) is 224 Å². The number of rotatable bonds is 7. The Bertz CT molecular complexity index is 3550. The van der Waals surface area contributed by atoms with Crippen LogP contribution in [-0.2, 0) is 0 Å². The zero-order chi connectivity index (χ0) is 41.0. The Hall–Kier alpha value is -8.41. The van der Waals surface area contributed by atoms with E-state index in [1.165, 1.54) is 38.1 Å². The van der Waals surface area contributed by atoms with E-state index < -0.39 is 0 Å². The molecule has 5 nitrogen and oxygen atoms in total. The maximum absolute atomic E-state index is 5.21. The van der Waals surface area contributed by atoms with E-state index in [2.05, 4.69) is 209 Å². The molecule has 12 rings (SSSR count). The molecule has 0 aliphatic carbocycles. The molecule has 0 aliphatic rings. The number of fused-ring (bicyclic) bond motifs is 6. The average molecular weight is 792 g/mol. The van der Waals surface area contributed by atoms with Crippen molar-refractivity contribution in [3.63, 3.8) is 0 Å². The lowest BCUT2D eigenvalue weighted by molar-refractivity contribution is 1.07. The second kappa shape index (κ2) is 14.7. The average Bonchev–Trinajstić information content (AvgIpc) is 3.87. The lowest BCUT2D eigenvalue weighted by Crippen LogP contribution is -2.02. The van der Waals surface area contributed by atoms with Gasteiger partial charge in [0.1, 0.15) is 0 Å². The van der Waals surface area contributed by atoms with Crippen molar-refractivity contribution < 1.29 is 0 Å². The summed E-state index contributed by atoms with van der Waals surface area (Å²) in [6, 6.07) is 79.3. The third-order valence-corrected chi connectivity index (χ3v) is 12.0. The summed E-state index contributed by atoms with van der Waals surface area (Å²) in [6.07, 6.45) is 0. The Balaban J connectivity index is 1.07. The first-order valence-corrected chi connectivity index (χ1v) is 20.9. The monoisotopic (exact) mass is 791 g/mol. The first kappa shape index (κ1) is 35.5. The fraction of sp³-hybridized carbons (Fsp3) is 0. The number of hydrogen-bond acceptors (Lipinski definition) is 3. The van der Waals surface area contributed by atoms with Crippen LogP contribution in [0.4, 0.5) is 0 Å². The molecule has 0 amide bonds. The molecule has 0 saturated heterocycles. The first-order chi connectivity index (χ1) is 30.7. The maximum atomic E-state index is 5.21. The molecule has 0 aliphatic heterocycles. The van der Waals surface area contributed by atoms with Crippen LogP contribution < -0.4 is 0 Å². The summed E-state index contributed by atoms with van der Waals surface area (Å²) in [5.74, 6) is 1.86. The predicted molar refractivity (Wildman–Crippen MR) is 256 cm³/mol. The molecule has 9 aromatic carbocycles. The van der Waals surface area contributed by atoms with Gasteiger partial charge < -0.3 is 9.13 Å². The summed E-state index contributed by atoms with van der Waals surface area (Å²) in [5.41, 5.74) is 14.1. The molecule has 3 aromatic heterocycles. The number of benzene rings is 9. The lowest BCUT2D eigenvalue weighted by Gasteiger charge is -2.16. The summed E-state index contributed by atoms with van der Waals surface area (Å²) < 4.78 is 4.80. The van der Waals surface area contributed by atoms with Crippen molar-refractivity contribution in [1.82, 2.24) is 24.1 Å². The highest BCUT2D eigenvalue weighted by Gasteiger charge is 2.20. The van der Waals surface area contributed by atoms with Gasteiger partial charge in [0.2, 0.25) is 0 Å². The van der Waals surface area contributed by atoms with Gasteiger partial charge in [0.25, 0.3) is 0 Å². The molecule has 290 valence electrons. The van der Waals surface area contributed by atoms with E-state index in [-0.39, 0.29) is 0 Å². The summed E-state index contributed by atoms with van der Waals surface area (Å²) >= 11 is 0. The van der Waals surface area contributed by atoms with Crippen molar-refractivity contribution >= 4 is 43.6 Å². The molecule has 0 N–H and O–H groups in total. The highest BCUT2D eigenvalue weighted by atomic mass is 15.0. The molecule has 0 fully saturated rings. The van der Waals surface area contributed by atoms with Crippen LogP contribution in [0.15, 0.2) is 224 Å². The molecule has 0 bridgehead atoms. The van der Waals surface area contributed by atoms with Gasteiger partial charge in [-0.3, -0.25) is 0 Å². The van der Waals surface area contributed by atoms with Crippen molar-refractivity contribution in [2.45, 2.75) is 0 Å². The van der Waals surface area contributed by atoms with Gasteiger partial charge in [-0.1, -0.05) is 182 Å². The van der Waals surface area contributed by atoms with Crippen LogP contribution in [-0.4, -0.2) is 24.1 Å². The molecular formula is C57H37N5. The lowest BCUT2D eigenvalue weighted by atomic mass is 10.0. The zero-order valence-electron chi connectivity index (χ0n) is 33.6. The fourth-order valence-corrected chi connectivity index (χ4v) is 9.07. The van der Waals surface area contributed by atoms with E-state index in [1.54, 1.807) is 0 Å². The number of hydrogen-bond donors (Lipinski definition) is 0. The van der Waals surface area contributed by atoms with Crippen LogP contribution in [0.2, 0.25) is 0 Å². The highest BCUT2D eigenvalue weighted by molar-refractivity contribution is 6.12. The van der Waals surface area contributed by atoms with Crippen LogP contribution in [0.1, 0.15) is 0 Å². The Labute approximate surface area is 358 Å². The van der Waals surface area contributed by atoms with Gasteiger partial charge in [-0.25, -0.2) is 15.0 Å². The molecule has 0 radical (unpaired) electrons. The fourth-order valence-electron chi connectivity index (χ4n) is 9.07. The molecule has 0 atom stereocenters. The molecule has 3 heterocycles. The summed E-state index contributed by atoms with van der Waals surface area (Å²) in [5, 5.41) is 4.85. The van der Waals surface area contributed by atoms with Crippen LogP contribution in [0.5, 0.6) is 0 Å². The molecule has 0 spiro atoms. The van der Waals surface area contributed by atoms with Crippen molar-refractivity contribution in [3.8, 4) is 67.8 Å². The van der Waals surface area contributed by atoms with Gasteiger partial charge in [0.15, 0.2) is 17.5 Å². The topological polar surface area (TPSA) is 48.5 Å². The Morgan fingerprint density at radius 3 is 1.26 bits per heavy atom. The smallest absolute Gasteiger partial charge is 0.164 e. The summed E-state index contributed by atoms with van der Waals surface area (Å²) in [7, 11) is 0. The van der Waals surface area contributed by atoms with E-state index in [1.807, 2.05) is 24.3 Å². The molecule has 62 heavy (non-hydrogen) atoms. The van der Waals surface area contributed by atoms with Gasteiger partial charge in [0, 0.05) is 49.5 Å². The van der Waals surface area contributed by atoms with E-state index in [0.717, 1.165) is 55.8 Å². The van der Waals surface area contributed by atoms with Crippen molar-refractivity contribution in [1.29, 1.82) is 0 Å². The Morgan fingerprint density at radius 2 is 0.661 bits per heavy atom. The largest absolute Gasteiger partial charge is 0.309 e. The molecule has 12 aromatic rings. The van der Waals surface area contributed by atoms with Gasteiger partial charge in [-0.15, -0.1) is 0 Å². The van der Waals surface area contributed by atoms with Gasteiger partial charge in [-0.05, 0) is 59.2 Å². The van der Waals surface area contributed by atoms with E-state index in [4.69, 9.17) is 15.0 Å².